The first-order valence-electron chi connectivity index (χ1n) is 12.3. The van der Waals surface area contributed by atoms with Crippen molar-refractivity contribution in [1.82, 2.24) is 0 Å². The molecule has 1 amide bonds. The molecule has 0 radical (unpaired) electrons. The third-order valence-electron chi connectivity index (χ3n) is 6.22. The highest BCUT2D eigenvalue weighted by Crippen LogP contribution is 2.27. The number of hydrogen-bond acceptors (Lipinski definition) is 4. The van der Waals surface area contributed by atoms with Crippen LogP contribution in [-0.2, 0) is 14.9 Å². The molecule has 1 atom stereocenters. The lowest BCUT2D eigenvalue weighted by atomic mass is 9.99. The van der Waals surface area contributed by atoms with Crippen LogP contribution in [0.5, 0.6) is 0 Å². The molecule has 1 N–H and O–H groups in total. The summed E-state index contributed by atoms with van der Waals surface area (Å²) >= 11 is 0. The van der Waals surface area contributed by atoms with Gasteiger partial charge in [0, 0.05) is 0 Å². The summed E-state index contributed by atoms with van der Waals surface area (Å²) in [5.74, 6) is -0.358. The average Bonchev–Trinajstić information content (AvgIpc) is 3.05. The van der Waals surface area contributed by atoms with E-state index >= 15 is 0 Å². The summed E-state index contributed by atoms with van der Waals surface area (Å²) in [5, 5.41) is 5.84. The minimum absolute atomic E-state index is 0.103. The SMILES string of the molecule is CCCCCCCCCCCCCCCC1=NN(c2ccc(S(=O)(=O)O)cc2)C(=O)C1C. The number of carbonyl (C=O) groups is 1. The Hall–Kier alpha value is -1.73. The number of hydrazone groups is 1. The van der Waals surface area contributed by atoms with E-state index in [-0.39, 0.29) is 16.7 Å². The van der Waals surface area contributed by atoms with E-state index in [1.807, 2.05) is 6.92 Å². The Morgan fingerprint density at radius 2 is 1.31 bits per heavy atom. The Morgan fingerprint density at radius 3 is 1.78 bits per heavy atom. The Labute approximate surface area is 194 Å². The molecule has 0 saturated heterocycles. The number of carbonyl (C=O) groups excluding carboxylic acids is 1. The molecule has 0 fully saturated rings. The van der Waals surface area contributed by atoms with Crippen molar-refractivity contribution in [1.29, 1.82) is 0 Å². The van der Waals surface area contributed by atoms with E-state index in [0.29, 0.717) is 5.69 Å². The molecule has 0 spiro atoms. The van der Waals surface area contributed by atoms with Gasteiger partial charge in [0.25, 0.3) is 16.0 Å². The standard InChI is InChI=1S/C25H40N2O4S/c1-3-4-5-6-7-8-9-10-11-12-13-14-15-16-24-21(2)25(28)27(26-24)22-17-19-23(20-18-22)32(29,30)31/h17-21H,3-16H2,1-2H3,(H,29,30,31). The van der Waals surface area contributed by atoms with Crippen LogP contribution < -0.4 is 5.01 Å². The Balaban J connectivity index is 1.63. The number of hydrogen-bond donors (Lipinski definition) is 1. The summed E-state index contributed by atoms with van der Waals surface area (Å²) in [4.78, 5) is 12.4. The van der Waals surface area contributed by atoms with E-state index in [1.165, 1.54) is 99.9 Å². The smallest absolute Gasteiger partial charge is 0.282 e. The fourth-order valence-electron chi connectivity index (χ4n) is 4.12. The first-order chi connectivity index (χ1) is 15.3. The third-order valence-corrected chi connectivity index (χ3v) is 7.09. The summed E-state index contributed by atoms with van der Waals surface area (Å²) < 4.78 is 31.5. The predicted molar refractivity (Wildman–Crippen MR) is 131 cm³/mol. The quantitative estimate of drug-likeness (QED) is 0.216. The van der Waals surface area contributed by atoms with Gasteiger partial charge in [0.15, 0.2) is 0 Å². The van der Waals surface area contributed by atoms with Crippen LogP contribution in [0, 0.1) is 5.92 Å². The minimum Gasteiger partial charge on any atom is -0.282 e. The van der Waals surface area contributed by atoms with Gasteiger partial charge in [-0.05, 0) is 44.0 Å². The van der Waals surface area contributed by atoms with Crippen LogP contribution in [0.2, 0.25) is 0 Å². The first-order valence-corrected chi connectivity index (χ1v) is 13.8. The van der Waals surface area contributed by atoms with E-state index in [9.17, 15) is 13.2 Å². The summed E-state index contributed by atoms with van der Waals surface area (Å²) in [7, 11) is -4.25. The molecule has 2 rings (SSSR count). The number of benzene rings is 1. The van der Waals surface area contributed by atoms with E-state index in [4.69, 9.17) is 4.55 Å². The van der Waals surface area contributed by atoms with Gasteiger partial charge in [-0.3, -0.25) is 9.35 Å². The van der Waals surface area contributed by atoms with Gasteiger partial charge in [0.05, 0.1) is 22.2 Å². The summed E-state index contributed by atoms with van der Waals surface area (Å²) in [5.41, 5.74) is 1.39. The molecule has 1 aliphatic heterocycles. The molecular weight excluding hydrogens is 424 g/mol. The van der Waals surface area contributed by atoms with Crippen molar-refractivity contribution in [3.05, 3.63) is 24.3 Å². The van der Waals surface area contributed by atoms with Gasteiger partial charge in [0.2, 0.25) is 0 Å². The fourth-order valence-corrected chi connectivity index (χ4v) is 4.60. The molecule has 0 aromatic heterocycles. The van der Waals surface area contributed by atoms with Gasteiger partial charge in [-0.15, -0.1) is 0 Å². The second-order valence-electron chi connectivity index (χ2n) is 8.92. The molecule has 6 nitrogen and oxygen atoms in total. The van der Waals surface area contributed by atoms with Gasteiger partial charge >= 0.3 is 0 Å². The zero-order chi connectivity index (χ0) is 23.4. The fraction of sp³-hybridized carbons (Fsp3) is 0.680. The van der Waals surface area contributed by atoms with Gasteiger partial charge in [-0.2, -0.15) is 13.5 Å². The molecule has 32 heavy (non-hydrogen) atoms. The predicted octanol–water partition coefficient (Wildman–Crippen LogP) is 6.75. The summed E-state index contributed by atoms with van der Waals surface area (Å²) in [6.07, 6.45) is 17.8. The number of nitrogens with zero attached hydrogens (tertiary/aromatic N) is 2. The molecule has 1 aliphatic rings. The molecule has 1 aromatic carbocycles. The number of amides is 1. The van der Waals surface area contributed by atoms with Crippen molar-refractivity contribution >= 4 is 27.4 Å². The van der Waals surface area contributed by atoms with Crippen LogP contribution in [-0.4, -0.2) is 24.6 Å². The van der Waals surface area contributed by atoms with Crippen LogP contribution in [0.4, 0.5) is 5.69 Å². The summed E-state index contributed by atoms with van der Waals surface area (Å²) in [6.45, 7) is 4.13. The second-order valence-corrected chi connectivity index (χ2v) is 10.3. The molecule has 7 heteroatoms. The van der Waals surface area contributed by atoms with Gasteiger partial charge in [-0.1, -0.05) is 84.0 Å². The van der Waals surface area contributed by atoms with Crippen molar-refractivity contribution in [2.24, 2.45) is 11.0 Å². The second kappa shape index (κ2) is 13.7. The van der Waals surface area contributed by atoms with Crippen molar-refractivity contribution in [3.63, 3.8) is 0 Å². The third kappa shape index (κ3) is 8.66. The molecule has 0 saturated carbocycles. The van der Waals surface area contributed by atoms with Crippen molar-refractivity contribution in [2.45, 2.75) is 109 Å². The van der Waals surface area contributed by atoms with Gasteiger partial charge < -0.3 is 0 Å². The average molecular weight is 465 g/mol. The van der Waals surface area contributed by atoms with Crippen LogP contribution in [0.15, 0.2) is 34.3 Å². The molecule has 1 aromatic rings. The molecule has 1 unspecified atom stereocenters. The molecule has 180 valence electrons. The van der Waals surface area contributed by atoms with E-state index in [0.717, 1.165) is 25.0 Å². The first kappa shape index (κ1) is 26.5. The van der Waals surface area contributed by atoms with Crippen LogP contribution in [0.25, 0.3) is 0 Å². The normalized spacial score (nSPS) is 16.6. The van der Waals surface area contributed by atoms with Crippen molar-refractivity contribution < 1.29 is 17.8 Å². The van der Waals surface area contributed by atoms with Gasteiger partial charge in [0.1, 0.15) is 0 Å². The highest BCUT2D eigenvalue weighted by atomic mass is 32.2. The van der Waals surface area contributed by atoms with Crippen LogP contribution in [0.3, 0.4) is 0 Å². The monoisotopic (exact) mass is 464 g/mol. The number of anilines is 1. The van der Waals surface area contributed by atoms with Crippen LogP contribution in [0.1, 0.15) is 104 Å². The molecule has 0 bridgehead atoms. The van der Waals surface area contributed by atoms with E-state index < -0.39 is 10.1 Å². The lowest BCUT2D eigenvalue weighted by Gasteiger charge is -2.12. The largest absolute Gasteiger partial charge is 0.294 e. The lowest BCUT2D eigenvalue weighted by Crippen LogP contribution is -2.25. The van der Waals surface area contributed by atoms with E-state index in [1.54, 1.807) is 0 Å². The Bertz CT molecular complexity index is 834. The Morgan fingerprint density at radius 1 is 0.844 bits per heavy atom. The maximum Gasteiger partial charge on any atom is 0.294 e. The highest BCUT2D eigenvalue weighted by molar-refractivity contribution is 7.85. The zero-order valence-corrected chi connectivity index (χ0v) is 20.6. The van der Waals surface area contributed by atoms with Crippen LogP contribution >= 0.6 is 0 Å². The lowest BCUT2D eigenvalue weighted by molar-refractivity contribution is -0.119. The topological polar surface area (TPSA) is 87.0 Å². The van der Waals surface area contributed by atoms with E-state index in [2.05, 4.69) is 12.0 Å². The highest BCUT2D eigenvalue weighted by Gasteiger charge is 2.32. The molecular formula is C25H40N2O4S. The Kier molecular flexibility index (Phi) is 11.4. The number of unbranched alkanes of at least 4 members (excludes halogenated alkanes) is 12. The molecule has 0 aliphatic carbocycles. The minimum atomic E-state index is -4.25. The van der Waals surface area contributed by atoms with Crippen molar-refractivity contribution in [3.8, 4) is 0 Å². The number of rotatable bonds is 16. The maximum absolute atomic E-state index is 12.6. The zero-order valence-electron chi connectivity index (χ0n) is 19.8. The van der Waals surface area contributed by atoms with Gasteiger partial charge in [-0.25, -0.2) is 5.01 Å². The maximum atomic E-state index is 12.6. The molecule has 1 heterocycles. The summed E-state index contributed by atoms with van der Waals surface area (Å²) in [6, 6.07) is 5.54. The van der Waals surface area contributed by atoms with Crippen molar-refractivity contribution in [2.75, 3.05) is 5.01 Å².